The molecule has 2 aromatic carbocycles. The second kappa shape index (κ2) is 15.4. The number of hydrogen-bond acceptors (Lipinski definition) is 4. The number of hydrogen-bond donors (Lipinski definition) is 1. The van der Waals surface area contributed by atoms with Crippen LogP contribution in [0.2, 0.25) is 0 Å². The van der Waals surface area contributed by atoms with E-state index in [4.69, 9.17) is 4.74 Å². The summed E-state index contributed by atoms with van der Waals surface area (Å²) in [6.07, 6.45) is 12.6. The minimum absolute atomic E-state index is 0. The first-order valence-corrected chi connectivity index (χ1v) is 12.4. The fourth-order valence-corrected chi connectivity index (χ4v) is 4.28. The van der Waals surface area contributed by atoms with Gasteiger partial charge in [-0.3, -0.25) is 4.55 Å². The summed E-state index contributed by atoms with van der Waals surface area (Å²) in [5, 5.41) is 12.2. The Hall–Kier alpha value is -0.414. The molecule has 0 radical (unpaired) electrons. The normalized spacial score (nSPS) is 11.2. The van der Waals surface area contributed by atoms with E-state index < -0.39 is 20.8 Å². The van der Waals surface area contributed by atoms with Gasteiger partial charge in [-0.1, -0.05) is 101 Å². The first-order valence-electron chi connectivity index (χ1n) is 11.0. The van der Waals surface area contributed by atoms with Crippen molar-refractivity contribution in [3.8, 4) is 17.2 Å². The van der Waals surface area contributed by atoms with Crippen molar-refractivity contribution < 1.29 is 74.2 Å². The number of benzene rings is 2. The van der Waals surface area contributed by atoms with Gasteiger partial charge >= 0.3 is 51.4 Å². The van der Waals surface area contributed by atoms with Crippen LogP contribution in [-0.4, -0.2) is 13.0 Å². The van der Waals surface area contributed by atoms with E-state index in [2.05, 4.69) is 6.92 Å². The molecular weight excluding hydrogens is 439 g/mol. The molecule has 1 N–H and O–H groups in total. The second-order valence-electron chi connectivity index (χ2n) is 7.70. The van der Waals surface area contributed by atoms with E-state index in [9.17, 15) is 18.1 Å². The Morgan fingerprint density at radius 1 is 0.839 bits per heavy atom. The largest absolute Gasteiger partial charge is 1.00 e. The van der Waals surface area contributed by atoms with Gasteiger partial charge in [0.25, 0.3) is 10.1 Å². The zero-order valence-electron chi connectivity index (χ0n) is 18.8. The number of para-hydroxylation sites is 1. The van der Waals surface area contributed by atoms with Crippen LogP contribution in [-0.2, 0) is 16.5 Å². The standard InChI is InChI=1S/C24H34O5S.K/c1-2-3-4-5-6-7-8-9-10-12-15-20-18-19-22(25)24(30(26,27)28)23(20)29-21-16-13-11-14-17-21;/h11,13-14,16-19,25H,2-10,12,15H2,1H3,(H,26,27,28);/q;+1/p-1. The van der Waals surface area contributed by atoms with Crippen molar-refractivity contribution >= 4 is 10.1 Å². The van der Waals surface area contributed by atoms with Gasteiger partial charge in [0.1, 0.15) is 10.6 Å². The second-order valence-corrected chi connectivity index (χ2v) is 9.06. The molecule has 0 unspecified atom stereocenters. The Kier molecular flexibility index (Phi) is 14.2. The van der Waals surface area contributed by atoms with Gasteiger partial charge in [-0.05, 0) is 30.5 Å². The van der Waals surface area contributed by atoms with Gasteiger partial charge in [-0.25, -0.2) is 0 Å². The molecule has 0 aliphatic rings. The summed E-state index contributed by atoms with van der Waals surface area (Å²) < 4.78 is 39.0. The molecule has 0 saturated heterocycles. The van der Waals surface area contributed by atoms with Crippen molar-refractivity contribution in [2.24, 2.45) is 0 Å². The van der Waals surface area contributed by atoms with Gasteiger partial charge in [0.05, 0.1) is 0 Å². The summed E-state index contributed by atoms with van der Waals surface area (Å²) in [4.78, 5) is -0.684. The third kappa shape index (κ3) is 10.4. The van der Waals surface area contributed by atoms with Gasteiger partial charge in [-0.2, -0.15) is 8.42 Å². The summed E-state index contributed by atoms with van der Waals surface area (Å²) in [5.74, 6) is -0.417. The molecule has 2 rings (SSSR count). The van der Waals surface area contributed by atoms with Crippen LogP contribution in [0, 0.1) is 0 Å². The molecule has 7 heteroatoms. The molecule has 0 saturated carbocycles. The SMILES string of the molecule is CCCCCCCCCCCCc1ccc([O-])c(S(=O)(=O)O)c1Oc1ccccc1.[K+]. The van der Waals surface area contributed by atoms with E-state index >= 15 is 0 Å². The van der Waals surface area contributed by atoms with Crippen LogP contribution in [0.3, 0.4) is 0 Å². The van der Waals surface area contributed by atoms with E-state index in [1.165, 1.54) is 51.0 Å². The van der Waals surface area contributed by atoms with Gasteiger partial charge in [0.2, 0.25) is 0 Å². The molecule has 0 fully saturated rings. The van der Waals surface area contributed by atoms with Crippen LogP contribution in [0.1, 0.15) is 76.7 Å². The molecule has 0 aromatic heterocycles. The van der Waals surface area contributed by atoms with Crippen molar-refractivity contribution in [1.82, 2.24) is 0 Å². The summed E-state index contributed by atoms with van der Waals surface area (Å²) in [6, 6.07) is 11.5. The van der Waals surface area contributed by atoms with Gasteiger partial charge < -0.3 is 9.84 Å². The third-order valence-electron chi connectivity index (χ3n) is 5.18. The Bertz CT molecular complexity index is 869. The minimum Gasteiger partial charge on any atom is -0.871 e. The molecule has 0 bridgehead atoms. The van der Waals surface area contributed by atoms with Gasteiger partial charge in [0.15, 0.2) is 5.75 Å². The van der Waals surface area contributed by atoms with Crippen molar-refractivity contribution in [3.05, 3.63) is 48.0 Å². The molecular formula is C24H33KO5S. The van der Waals surface area contributed by atoms with Crippen LogP contribution in [0.15, 0.2) is 47.4 Å². The molecule has 0 aliphatic heterocycles. The minimum atomic E-state index is -4.70. The van der Waals surface area contributed by atoms with Crippen molar-refractivity contribution in [3.63, 3.8) is 0 Å². The topological polar surface area (TPSA) is 86.7 Å². The predicted molar refractivity (Wildman–Crippen MR) is 118 cm³/mol. The Morgan fingerprint density at radius 2 is 1.39 bits per heavy atom. The number of ether oxygens (including phenoxy) is 1. The monoisotopic (exact) mass is 472 g/mol. The fourth-order valence-electron chi connectivity index (χ4n) is 3.55. The molecule has 0 amide bonds. The van der Waals surface area contributed by atoms with Crippen LogP contribution < -0.4 is 61.2 Å². The van der Waals surface area contributed by atoms with E-state index in [1.54, 1.807) is 30.3 Å². The van der Waals surface area contributed by atoms with Crippen LogP contribution in [0.4, 0.5) is 0 Å². The number of unbranched alkanes of at least 4 members (excludes halogenated alkanes) is 9. The number of rotatable bonds is 14. The van der Waals surface area contributed by atoms with Crippen molar-refractivity contribution in [2.45, 2.75) is 82.4 Å². The Balaban J connectivity index is 0.00000480. The molecule has 5 nitrogen and oxygen atoms in total. The summed E-state index contributed by atoms with van der Waals surface area (Å²) in [7, 11) is -4.70. The summed E-state index contributed by atoms with van der Waals surface area (Å²) in [6.45, 7) is 2.22. The maximum Gasteiger partial charge on any atom is 1.00 e. The van der Waals surface area contributed by atoms with E-state index in [0.717, 1.165) is 19.3 Å². The Morgan fingerprint density at radius 3 is 1.94 bits per heavy atom. The average molecular weight is 473 g/mol. The summed E-state index contributed by atoms with van der Waals surface area (Å²) >= 11 is 0. The van der Waals surface area contributed by atoms with E-state index in [1.807, 2.05) is 6.07 Å². The molecule has 0 atom stereocenters. The average Bonchev–Trinajstić information content (AvgIpc) is 2.70. The predicted octanol–water partition coefficient (Wildman–Crippen LogP) is 3.27. The first-order chi connectivity index (χ1) is 14.4. The molecule has 2 aromatic rings. The van der Waals surface area contributed by atoms with Crippen molar-refractivity contribution in [1.29, 1.82) is 0 Å². The molecule has 0 heterocycles. The molecule has 166 valence electrons. The fraction of sp³-hybridized carbons (Fsp3) is 0.500. The Labute approximate surface area is 229 Å². The summed E-state index contributed by atoms with van der Waals surface area (Å²) in [5.41, 5.74) is 0.616. The third-order valence-corrected chi connectivity index (χ3v) is 6.08. The van der Waals surface area contributed by atoms with Gasteiger partial charge in [-0.15, -0.1) is 0 Å². The molecule has 31 heavy (non-hydrogen) atoms. The zero-order chi connectivity index (χ0) is 21.8. The van der Waals surface area contributed by atoms with E-state index in [-0.39, 0.29) is 57.1 Å². The first kappa shape index (κ1) is 28.6. The van der Waals surface area contributed by atoms with Gasteiger partial charge in [0, 0.05) is 0 Å². The van der Waals surface area contributed by atoms with Crippen LogP contribution in [0.25, 0.3) is 0 Å². The van der Waals surface area contributed by atoms with E-state index in [0.29, 0.717) is 17.7 Å². The molecule has 0 aliphatic carbocycles. The maximum absolute atomic E-state index is 12.2. The maximum atomic E-state index is 12.2. The van der Waals surface area contributed by atoms with Crippen molar-refractivity contribution in [2.75, 3.05) is 0 Å². The zero-order valence-corrected chi connectivity index (χ0v) is 22.7. The van der Waals surface area contributed by atoms with Crippen LogP contribution >= 0.6 is 0 Å². The smallest absolute Gasteiger partial charge is 0.871 e. The number of aryl methyl sites for hydroxylation is 1. The quantitative estimate of drug-likeness (QED) is 0.259. The molecule has 0 spiro atoms. The van der Waals surface area contributed by atoms with Crippen LogP contribution in [0.5, 0.6) is 17.2 Å².